The molecule has 0 fully saturated rings. The number of pyridine rings is 1. The maximum absolute atomic E-state index is 11.8. The van der Waals surface area contributed by atoms with Crippen molar-refractivity contribution in [2.24, 2.45) is 0 Å². The number of benzene rings is 1. The maximum Gasteiger partial charge on any atom is 0.250 e. The number of hydrogen-bond donors (Lipinski definition) is 2. The Morgan fingerprint density at radius 2 is 1.87 bits per heavy atom. The molecule has 2 rings (SSSR count). The van der Waals surface area contributed by atoms with Gasteiger partial charge in [-0.15, -0.1) is 0 Å². The first kappa shape index (κ1) is 17.7. The standard InChI is InChI=1S/C15H10Cl3N3OS/c16-10-3-1-9(12(18)7-10)2-6-14(22)21-15(23)20-13-5-4-11(17)8-19-13/h1-8H,(H2,19,20,21,22,23). The van der Waals surface area contributed by atoms with Crippen LogP contribution >= 0.6 is 47.0 Å². The van der Waals surface area contributed by atoms with Gasteiger partial charge < -0.3 is 5.32 Å². The molecule has 0 saturated carbocycles. The van der Waals surface area contributed by atoms with Gasteiger partial charge in [0.05, 0.1) is 5.02 Å². The fourth-order valence-corrected chi connectivity index (χ4v) is 2.34. The monoisotopic (exact) mass is 385 g/mol. The molecule has 1 aromatic heterocycles. The number of amides is 1. The minimum Gasteiger partial charge on any atom is -0.317 e. The molecule has 23 heavy (non-hydrogen) atoms. The topological polar surface area (TPSA) is 54.0 Å². The number of halogens is 3. The SMILES string of the molecule is O=C(C=Cc1ccc(Cl)cc1Cl)NC(=S)Nc1ccc(Cl)cn1. The Morgan fingerprint density at radius 1 is 1.13 bits per heavy atom. The first-order valence-electron chi connectivity index (χ1n) is 6.31. The van der Waals surface area contributed by atoms with Gasteiger partial charge >= 0.3 is 0 Å². The number of anilines is 1. The van der Waals surface area contributed by atoms with Gasteiger partial charge in [0.1, 0.15) is 5.82 Å². The molecule has 1 heterocycles. The lowest BCUT2D eigenvalue weighted by Gasteiger charge is -2.07. The average molecular weight is 387 g/mol. The summed E-state index contributed by atoms with van der Waals surface area (Å²) >= 11 is 22.6. The summed E-state index contributed by atoms with van der Waals surface area (Å²) in [6.45, 7) is 0. The van der Waals surface area contributed by atoms with E-state index >= 15 is 0 Å². The smallest absolute Gasteiger partial charge is 0.250 e. The molecule has 2 aromatic rings. The third kappa shape index (κ3) is 5.80. The number of carbonyl (C=O) groups is 1. The van der Waals surface area contributed by atoms with Crippen molar-refractivity contribution in [1.82, 2.24) is 10.3 Å². The molecule has 2 N–H and O–H groups in total. The van der Waals surface area contributed by atoms with Crippen LogP contribution in [-0.4, -0.2) is 16.0 Å². The molecule has 1 amide bonds. The molecule has 0 saturated heterocycles. The lowest BCUT2D eigenvalue weighted by molar-refractivity contribution is -0.115. The van der Waals surface area contributed by atoms with E-state index in [1.54, 1.807) is 36.4 Å². The molecule has 118 valence electrons. The van der Waals surface area contributed by atoms with Crippen molar-refractivity contribution in [3.63, 3.8) is 0 Å². The predicted molar refractivity (Wildman–Crippen MR) is 99.1 cm³/mol. The van der Waals surface area contributed by atoms with Gasteiger partial charge in [0.25, 0.3) is 0 Å². The van der Waals surface area contributed by atoms with Gasteiger partial charge in [-0.1, -0.05) is 40.9 Å². The molecule has 0 unspecified atom stereocenters. The van der Waals surface area contributed by atoms with Crippen molar-refractivity contribution in [1.29, 1.82) is 0 Å². The maximum atomic E-state index is 11.8. The molecular formula is C15H10Cl3N3OS. The summed E-state index contributed by atoms with van der Waals surface area (Å²) in [5.74, 6) is 0.0758. The summed E-state index contributed by atoms with van der Waals surface area (Å²) < 4.78 is 0. The van der Waals surface area contributed by atoms with E-state index in [4.69, 9.17) is 47.0 Å². The molecule has 8 heteroatoms. The third-order valence-corrected chi connectivity index (χ3v) is 3.57. The van der Waals surface area contributed by atoms with Crippen LogP contribution in [0.15, 0.2) is 42.6 Å². The number of carbonyl (C=O) groups excluding carboxylic acids is 1. The summed E-state index contributed by atoms with van der Waals surface area (Å²) in [7, 11) is 0. The zero-order valence-electron chi connectivity index (χ0n) is 11.5. The molecule has 4 nitrogen and oxygen atoms in total. The average Bonchev–Trinajstić information content (AvgIpc) is 2.48. The van der Waals surface area contributed by atoms with E-state index in [1.165, 1.54) is 12.3 Å². The zero-order valence-corrected chi connectivity index (χ0v) is 14.6. The summed E-state index contributed by atoms with van der Waals surface area (Å²) in [4.78, 5) is 15.8. The summed E-state index contributed by atoms with van der Waals surface area (Å²) in [6, 6.07) is 8.29. The Labute approximate surface area is 153 Å². The number of aromatic nitrogens is 1. The minimum absolute atomic E-state index is 0.122. The van der Waals surface area contributed by atoms with Crippen LogP contribution in [0.1, 0.15) is 5.56 Å². The Balaban J connectivity index is 1.92. The highest BCUT2D eigenvalue weighted by atomic mass is 35.5. The second-order valence-corrected chi connectivity index (χ2v) is 5.99. The molecule has 0 bridgehead atoms. The minimum atomic E-state index is -0.400. The largest absolute Gasteiger partial charge is 0.317 e. The molecule has 0 aliphatic rings. The normalized spacial score (nSPS) is 10.6. The Morgan fingerprint density at radius 3 is 2.52 bits per heavy atom. The van der Waals surface area contributed by atoms with Crippen molar-refractivity contribution in [3.8, 4) is 0 Å². The van der Waals surface area contributed by atoms with Crippen molar-refractivity contribution < 1.29 is 4.79 Å². The van der Waals surface area contributed by atoms with Crippen molar-refractivity contribution >= 4 is 69.9 Å². The highest BCUT2D eigenvalue weighted by molar-refractivity contribution is 7.80. The molecule has 0 radical (unpaired) electrons. The quantitative estimate of drug-likeness (QED) is 0.599. The Kier molecular flexibility index (Phi) is 6.36. The van der Waals surface area contributed by atoms with E-state index < -0.39 is 5.91 Å². The molecule has 1 aromatic carbocycles. The number of rotatable bonds is 3. The van der Waals surface area contributed by atoms with Gasteiger partial charge in [0.2, 0.25) is 5.91 Å². The number of nitrogens with one attached hydrogen (secondary N) is 2. The van der Waals surface area contributed by atoms with Crippen molar-refractivity contribution in [2.75, 3.05) is 5.32 Å². The van der Waals surface area contributed by atoms with Crippen molar-refractivity contribution in [3.05, 3.63) is 63.2 Å². The second-order valence-electron chi connectivity index (χ2n) is 4.30. The molecule has 0 spiro atoms. The van der Waals surface area contributed by atoms with Crippen LogP contribution in [0.25, 0.3) is 6.08 Å². The lowest BCUT2D eigenvalue weighted by atomic mass is 10.2. The van der Waals surface area contributed by atoms with Crippen LogP contribution < -0.4 is 10.6 Å². The van der Waals surface area contributed by atoms with Crippen LogP contribution in [0.3, 0.4) is 0 Å². The summed E-state index contributed by atoms with van der Waals surface area (Å²) in [5, 5.41) is 6.87. The molecule has 0 aliphatic carbocycles. The van der Waals surface area contributed by atoms with Crippen LogP contribution in [0.5, 0.6) is 0 Å². The molecule has 0 atom stereocenters. The first-order valence-corrected chi connectivity index (χ1v) is 7.85. The number of thiocarbonyl (C=S) groups is 1. The van der Waals surface area contributed by atoms with E-state index in [9.17, 15) is 4.79 Å². The van der Waals surface area contributed by atoms with Gasteiger partial charge in [-0.25, -0.2) is 4.98 Å². The van der Waals surface area contributed by atoms with Crippen LogP contribution in [0.2, 0.25) is 15.1 Å². The van der Waals surface area contributed by atoms with Crippen LogP contribution in [0, 0.1) is 0 Å². The van der Waals surface area contributed by atoms with Crippen molar-refractivity contribution in [2.45, 2.75) is 0 Å². The zero-order chi connectivity index (χ0) is 16.8. The highest BCUT2D eigenvalue weighted by Crippen LogP contribution is 2.21. The van der Waals surface area contributed by atoms with E-state index in [2.05, 4.69) is 15.6 Å². The van der Waals surface area contributed by atoms with E-state index in [1.807, 2.05) is 0 Å². The third-order valence-electron chi connectivity index (χ3n) is 2.58. The predicted octanol–water partition coefficient (Wildman–Crippen LogP) is 4.57. The Hall–Kier alpha value is -1.66. The highest BCUT2D eigenvalue weighted by Gasteiger charge is 2.03. The van der Waals surface area contributed by atoms with Gasteiger partial charge in [-0.2, -0.15) is 0 Å². The summed E-state index contributed by atoms with van der Waals surface area (Å²) in [5.41, 5.74) is 0.671. The first-order chi connectivity index (χ1) is 10.9. The van der Waals surface area contributed by atoms with Crippen LogP contribution in [-0.2, 0) is 4.79 Å². The van der Waals surface area contributed by atoms with E-state index in [0.717, 1.165) is 0 Å². The lowest BCUT2D eigenvalue weighted by Crippen LogP contribution is -2.33. The number of nitrogens with zero attached hydrogens (tertiary/aromatic N) is 1. The Bertz CT molecular complexity index is 763. The number of hydrogen-bond acceptors (Lipinski definition) is 3. The fourth-order valence-electron chi connectivity index (χ4n) is 1.55. The van der Waals surface area contributed by atoms with Gasteiger partial charge in [-0.05, 0) is 48.1 Å². The molecule has 0 aliphatic heterocycles. The summed E-state index contributed by atoms with van der Waals surface area (Å²) in [6.07, 6.45) is 4.35. The second kappa shape index (κ2) is 8.26. The molecular weight excluding hydrogens is 377 g/mol. The van der Waals surface area contributed by atoms with Gasteiger partial charge in [-0.3, -0.25) is 10.1 Å². The van der Waals surface area contributed by atoms with Crippen LogP contribution in [0.4, 0.5) is 5.82 Å². The van der Waals surface area contributed by atoms with Gasteiger partial charge in [0.15, 0.2) is 5.11 Å². The van der Waals surface area contributed by atoms with E-state index in [-0.39, 0.29) is 5.11 Å². The fraction of sp³-hybridized carbons (Fsp3) is 0. The van der Waals surface area contributed by atoms with E-state index in [0.29, 0.717) is 26.4 Å². The van der Waals surface area contributed by atoms with Gasteiger partial charge in [0, 0.05) is 22.3 Å².